The van der Waals surface area contributed by atoms with Crippen LogP contribution in [0.3, 0.4) is 0 Å². The van der Waals surface area contributed by atoms with E-state index in [2.05, 4.69) is 40.7 Å². The molecule has 4 fully saturated rings. The topological polar surface area (TPSA) is 98.4 Å². The van der Waals surface area contributed by atoms with Crippen LogP contribution in [0.5, 0.6) is 0 Å². The lowest BCUT2D eigenvalue weighted by Gasteiger charge is -2.72. The lowest BCUT2D eigenvalue weighted by molar-refractivity contribution is -0.257. The van der Waals surface area contributed by atoms with Gasteiger partial charge in [0.1, 0.15) is 6.07 Å². The second-order valence-corrected chi connectivity index (χ2v) is 14.5. The van der Waals surface area contributed by atoms with Crippen LogP contribution in [0.4, 0.5) is 0 Å². The van der Waals surface area contributed by atoms with E-state index in [1.807, 2.05) is 13.0 Å². The summed E-state index contributed by atoms with van der Waals surface area (Å²) in [6, 6.07) is 2.17. The van der Waals surface area contributed by atoms with Gasteiger partial charge in [0, 0.05) is 5.92 Å². The van der Waals surface area contributed by atoms with Crippen LogP contribution in [-0.4, -0.2) is 28.1 Å². The zero-order valence-electron chi connectivity index (χ0n) is 22.4. The Morgan fingerprint density at radius 1 is 1.03 bits per heavy atom. The molecule has 0 aliphatic heterocycles. The molecule has 0 heterocycles. The third-order valence-corrected chi connectivity index (χ3v) is 12.8. The fraction of sp³-hybridized carbons (Fsp3) is 0.833. The number of carboxylic acid groups (broad SMARTS) is 1. The minimum Gasteiger partial charge on any atom is -0.481 e. The van der Waals surface area contributed by atoms with Gasteiger partial charge in [-0.15, -0.1) is 0 Å². The number of Topliss-reactive ketones (excluding diaryl/α,β-unsaturated/α-hetero) is 1. The molecule has 5 heteroatoms. The lowest BCUT2D eigenvalue weighted by Crippen LogP contribution is -2.69. The number of ketones is 1. The number of carbonyl (C=O) groups excluding carboxylic acids is 1. The number of nitrogens with zero attached hydrogens (tertiary/aromatic N) is 1. The van der Waals surface area contributed by atoms with Crippen LogP contribution < -0.4 is 0 Å². The van der Waals surface area contributed by atoms with Crippen molar-refractivity contribution in [2.45, 2.75) is 99.0 Å². The molecule has 5 rings (SSSR count). The zero-order chi connectivity index (χ0) is 25.8. The van der Waals surface area contributed by atoms with Crippen LogP contribution in [-0.2, 0) is 9.59 Å². The smallest absolute Gasteiger partial charge is 0.309 e. The molecule has 0 aromatic rings. The number of aliphatic hydroxyl groups excluding tert-OH is 1. The van der Waals surface area contributed by atoms with Gasteiger partial charge in [-0.2, -0.15) is 5.26 Å². The Kier molecular flexibility index (Phi) is 5.31. The summed E-state index contributed by atoms with van der Waals surface area (Å²) >= 11 is 0. The van der Waals surface area contributed by atoms with E-state index in [4.69, 9.17) is 0 Å². The summed E-state index contributed by atoms with van der Waals surface area (Å²) in [4.78, 5) is 25.7. The van der Waals surface area contributed by atoms with E-state index in [0.717, 1.165) is 32.1 Å². The van der Waals surface area contributed by atoms with E-state index >= 15 is 0 Å². The van der Waals surface area contributed by atoms with Crippen molar-refractivity contribution in [3.05, 3.63) is 11.6 Å². The van der Waals surface area contributed by atoms with Crippen molar-refractivity contribution in [1.82, 2.24) is 0 Å². The molecule has 0 saturated heterocycles. The summed E-state index contributed by atoms with van der Waals surface area (Å²) < 4.78 is 0. The summed E-state index contributed by atoms with van der Waals surface area (Å²) in [6.07, 6.45) is 7.90. The molecule has 0 amide bonds. The summed E-state index contributed by atoms with van der Waals surface area (Å²) in [5.41, 5.74) is -0.980. The summed E-state index contributed by atoms with van der Waals surface area (Å²) in [7, 11) is 0. The first-order chi connectivity index (χ1) is 16.2. The molecule has 192 valence electrons. The summed E-state index contributed by atoms with van der Waals surface area (Å²) in [5, 5.41) is 32.2. The molecule has 0 aromatic carbocycles. The predicted molar refractivity (Wildman–Crippen MR) is 133 cm³/mol. The van der Waals surface area contributed by atoms with Gasteiger partial charge in [0.05, 0.1) is 17.1 Å². The Morgan fingerprint density at radius 2 is 1.69 bits per heavy atom. The lowest BCUT2D eigenvalue weighted by atomic mass is 9.32. The Bertz CT molecular complexity index is 1040. The quantitative estimate of drug-likeness (QED) is 0.495. The average Bonchev–Trinajstić information content (AvgIpc) is 2.77. The minimum absolute atomic E-state index is 0.0297. The van der Waals surface area contributed by atoms with Gasteiger partial charge in [0.2, 0.25) is 0 Å². The second kappa shape index (κ2) is 7.44. The molecule has 0 bridgehead atoms. The highest BCUT2D eigenvalue weighted by Crippen LogP contribution is 2.75. The molecule has 35 heavy (non-hydrogen) atoms. The van der Waals surface area contributed by atoms with Gasteiger partial charge in [-0.1, -0.05) is 47.6 Å². The molecule has 2 N–H and O–H groups in total. The largest absolute Gasteiger partial charge is 0.481 e. The third-order valence-electron chi connectivity index (χ3n) is 12.8. The standard InChI is InChI=1S/C30H43NO4/c1-17-19-7-8-28(5)22(27(19,4)14-18(16-31)24(17)33)13-21(32)23-20-15-26(2,3)9-11-30(20,25(34)35)12-10-29(23,28)6/h14,17,19-23,32H,7-13,15H2,1-6H3,(H,34,35)/t17-,19-,20?,21?,22+,23?,27-,28+,29+,30-/m0/s1. The van der Waals surface area contributed by atoms with E-state index in [1.165, 1.54) is 0 Å². The maximum Gasteiger partial charge on any atom is 0.309 e. The first-order valence-electron chi connectivity index (χ1n) is 13.8. The average molecular weight is 482 g/mol. The highest BCUT2D eigenvalue weighted by atomic mass is 16.4. The van der Waals surface area contributed by atoms with E-state index in [9.17, 15) is 25.1 Å². The molecule has 5 nitrogen and oxygen atoms in total. The number of allylic oxidation sites excluding steroid dienone is 2. The van der Waals surface area contributed by atoms with Gasteiger partial charge in [-0.05, 0) is 96.7 Å². The van der Waals surface area contributed by atoms with Crippen molar-refractivity contribution >= 4 is 11.8 Å². The molecule has 10 atom stereocenters. The van der Waals surface area contributed by atoms with Gasteiger partial charge >= 0.3 is 5.97 Å². The molecule has 5 aliphatic carbocycles. The summed E-state index contributed by atoms with van der Waals surface area (Å²) in [5.74, 6) is -0.639. The van der Waals surface area contributed by atoms with E-state index in [1.54, 1.807) is 0 Å². The van der Waals surface area contributed by atoms with Crippen LogP contribution in [0.1, 0.15) is 92.9 Å². The first kappa shape index (κ1) is 25.0. The second-order valence-electron chi connectivity index (χ2n) is 14.5. The molecule has 5 aliphatic rings. The minimum atomic E-state index is -0.732. The fourth-order valence-electron chi connectivity index (χ4n) is 10.6. The van der Waals surface area contributed by atoms with E-state index in [-0.39, 0.29) is 62.6 Å². The fourth-order valence-corrected chi connectivity index (χ4v) is 10.6. The van der Waals surface area contributed by atoms with Gasteiger partial charge in [0.15, 0.2) is 5.78 Å². The van der Waals surface area contributed by atoms with Gasteiger partial charge in [0.25, 0.3) is 0 Å². The van der Waals surface area contributed by atoms with Crippen LogP contribution >= 0.6 is 0 Å². The number of hydrogen-bond acceptors (Lipinski definition) is 4. The number of carbonyl (C=O) groups is 2. The summed E-state index contributed by atoms with van der Waals surface area (Å²) in [6.45, 7) is 13.5. The maximum absolute atomic E-state index is 12.9. The number of aliphatic carboxylic acids is 1. The zero-order valence-corrected chi connectivity index (χ0v) is 22.4. The van der Waals surface area contributed by atoms with E-state index < -0.39 is 17.5 Å². The number of nitriles is 1. The molecule has 4 saturated carbocycles. The highest BCUT2D eigenvalue weighted by molar-refractivity contribution is 6.01. The van der Waals surface area contributed by atoms with Crippen molar-refractivity contribution in [3.8, 4) is 6.07 Å². The molecular formula is C30H43NO4. The van der Waals surface area contributed by atoms with Crippen molar-refractivity contribution in [2.75, 3.05) is 0 Å². The number of carboxylic acids is 1. The van der Waals surface area contributed by atoms with Crippen LogP contribution in [0.2, 0.25) is 0 Å². The van der Waals surface area contributed by atoms with Crippen LogP contribution in [0.25, 0.3) is 0 Å². The Morgan fingerprint density at radius 3 is 2.31 bits per heavy atom. The first-order valence-corrected chi connectivity index (χ1v) is 13.8. The van der Waals surface area contributed by atoms with Crippen molar-refractivity contribution in [1.29, 1.82) is 5.26 Å². The Labute approximate surface area is 210 Å². The van der Waals surface area contributed by atoms with Crippen LogP contribution in [0.15, 0.2) is 11.6 Å². The monoisotopic (exact) mass is 481 g/mol. The number of fused-ring (bicyclic) bond motifs is 7. The number of hydrogen-bond donors (Lipinski definition) is 2. The number of rotatable bonds is 1. The van der Waals surface area contributed by atoms with E-state index in [0.29, 0.717) is 19.3 Å². The SMILES string of the molecule is C[C@@H]1C(=O)C(C#N)=C[C@]2(C)[C@H]3CC(O)C4C5CC(C)(C)CC[C@]5(C(=O)O)CC[C@@]4(C)[C@]3(C)CC[C@@H]12. The highest BCUT2D eigenvalue weighted by Gasteiger charge is 2.72. The third kappa shape index (κ3) is 3.01. The predicted octanol–water partition coefficient (Wildman–Crippen LogP) is 5.77. The maximum atomic E-state index is 12.9. The molecular weight excluding hydrogens is 438 g/mol. The van der Waals surface area contributed by atoms with Gasteiger partial charge in [-0.25, -0.2) is 0 Å². The Balaban J connectivity index is 1.63. The van der Waals surface area contributed by atoms with Crippen molar-refractivity contribution in [3.63, 3.8) is 0 Å². The molecule has 0 radical (unpaired) electrons. The van der Waals surface area contributed by atoms with Crippen molar-refractivity contribution < 1.29 is 19.8 Å². The Hall–Kier alpha value is -1.67. The number of aliphatic hydroxyl groups is 1. The van der Waals surface area contributed by atoms with Gasteiger partial charge < -0.3 is 10.2 Å². The normalized spacial score (nSPS) is 52.6. The molecule has 0 aromatic heterocycles. The van der Waals surface area contributed by atoms with Gasteiger partial charge in [-0.3, -0.25) is 9.59 Å². The van der Waals surface area contributed by atoms with Crippen molar-refractivity contribution in [2.24, 2.45) is 56.7 Å². The van der Waals surface area contributed by atoms with Crippen LogP contribution in [0, 0.1) is 68.0 Å². The molecule has 0 spiro atoms. The molecule has 3 unspecified atom stereocenters.